The fraction of sp³-hybridized carbons (Fsp3) is 0.250. The number of nitrogens with zero attached hydrogens (tertiary/aromatic N) is 2. The molecule has 0 fully saturated rings. The Kier molecular flexibility index (Phi) is 9.37. The largest absolute Gasteiger partial charge is 0.257 e. The van der Waals surface area contributed by atoms with Crippen LogP contribution in [0.3, 0.4) is 0 Å². The smallest absolute Gasteiger partial charge is 0.155 e. The average molecular weight is 785 g/mol. The minimum atomic E-state index is -0.451. The Hall–Kier alpha value is -5.51. The fourth-order valence-corrected chi connectivity index (χ4v) is 12.1. The second kappa shape index (κ2) is 14.6. The van der Waals surface area contributed by atoms with Crippen molar-refractivity contribution in [2.24, 2.45) is 33.2 Å². The molecule has 6 aromatic rings. The Bertz CT molecular complexity index is 2680. The molecule has 0 aromatic heterocycles. The summed E-state index contributed by atoms with van der Waals surface area (Å²) in [6, 6.07) is 54.2. The lowest BCUT2D eigenvalue weighted by atomic mass is 9.67. The van der Waals surface area contributed by atoms with Gasteiger partial charge in [-0.05, 0) is 104 Å². The number of hydrogen-bond acceptors (Lipinski definition) is 3. The first-order valence-electron chi connectivity index (χ1n) is 21.6. The third-order valence-electron chi connectivity index (χ3n) is 13.7. The van der Waals surface area contributed by atoms with E-state index >= 15 is 0 Å². The average Bonchev–Trinajstić information content (AvgIpc) is 3.55. The molecule has 0 radical (unpaired) electrons. The number of fused-ring (bicyclic) bond motifs is 9. The van der Waals surface area contributed by atoms with Crippen LogP contribution in [0.1, 0.15) is 105 Å². The van der Waals surface area contributed by atoms with Gasteiger partial charge in [0.25, 0.3) is 0 Å². The van der Waals surface area contributed by atoms with Crippen molar-refractivity contribution in [3.63, 3.8) is 0 Å². The van der Waals surface area contributed by atoms with Crippen LogP contribution in [0.4, 0.5) is 0 Å². The van der Waals surface area contributed by atoms with Crippen molar-refractivity contribution in [3.8, 4) is 11.1 Å². The lowest BCUT2D eigenvalue weighted by molar-refractivity contribution is 0.367. The molecule has 4 unspecified atom stereocenters. The van der Waals surface area contributed by atoms with Crippen LogP contribution in [0, 0.1) is 23.2 Å². The molecular weight excluding hydrogens is 733 g/mol. The number of allylic oxidation sites excluding steroid dienone is 4. The van der Waals surface area contributed by atoms with Crippen molar-refractivity contribution in [3.05, 3.63) is 208 Å². The zero-order valence-electron chi connectivity index (χ0n) is 35.0. The van der Waals surface area contributed by atoms with Crippen LogP contribution in [0.2, 0.25) is 0 Å². The SMILES string of the molecule is CCC1C(C(C)(C)C)=CC=C(c2ccc(C3N=C(c4ccc5c(c4)C4(c6ccccc6Sc6ccccc64)c4ccccc4-5)N=C(c4ccccc4)C3CC)cc2)C1C. The van der Waals surface area contributed by atoms with E-state index < -0.39 is 5.41 Å². The highest BCUT2D eigenvalue weighted by atomic mass is 32.2. The van der Waals surface area contributed by atoms with E-state index in [9.17, 15) is 0 Å². The predicted octanol–water partition coefficient (Wildman–Crippen LogP) is 14.6. The number of aliphatic imine (C=N–C) groups is 2. The molecule has 292 valence electrons. The third kappa shape index (κ3) is 5.99. The molecule has 0 saturated carbocycles. The maximum absolute atomic E-state index is 5.67. The molecule has 0 saturated heterocycles. The molecule has 3 heteroatoms. The number of benzene rings is 6. The Labute approximate surface area is 355 Å². The molecule has 1 spiro atoms. The molecule has 4 atom stereocenters. The van der Waals surface area contributed by atoms with Crippen molar-refractivity contribution in [1.82, 2.24) is 0 Å². The molecule has 6 aromatic carbocycles. The first-order valence-corrected chi connectivity index (χ1v) is 22.4. The van der Waals surface area contributed by atoms with Crippen LogP contribution < -0.4 is 0 Å². The maximum atomic E-state index is 5.67. The van der Waals surface area contributed by atoms with Gasteiger partial charge in [-0.15, -0.1) is 0 Å². The summed E-state index contributed by atoms with van der Waals surface area (Å²) in [5.41, 5.74) is 16.5. The van der Waals surface area contributed by atoms with Crippen molar-refractivity contribution < 1.29 is 0 Å². The van der Waals surface area contributed by atoms with Gasteiger partial charge in [-0.2, -0.15) is 0 Å². The van der Waals surface area contributed by atoms with E-state index in [2.05, 4.69) is 199 Å². The molecular formula is C56H52N2S. The minimum absolute atomic E-state index is 0.0720. The first kappa shape index (κ1) is 37.7. The summed E-state index contributed by atoms with van der Waals surface area (Å²) in [6.45, 7) is 14.1. The van der Waals surface area contributed by atoms with Gasteiger partial charge in [0, 0.05) is 21.3 Å². The highest BCUT2D eigenvalue weighted by Gasteiger charge is 2.50. The van der Waals surface area contributed by atoms with Gasteiger partial charge in [-0.1, -0.05) is 198 Å². The van der Waals surface area contributed by atoms with E-state index in [0.717, 1.165) is 30.0 Å². The lowest BCUT2D eigenvalue weighted by Crippen LogP contribution is -2.32. The molecule has 59 heavy (non-hydrogen) atoms. The Balaban J connectivity index is 1.12. The summed E-state index contributed by atoms with van der Waals surface area (Å²) < 4.78 is 0. The predicted molar refractivity (Wildman–Crippen MR) is 249 cm³/mol. The summed E-state index contributed by atoms with van der Waals surface area (Å²) in [5.74, 6) is 1.95. The van der Waals surface area contributed by atoms with Gasteiger partial charge >= 0.3 is 0 Å². The molecule has 4 aliphatic rings. The van der Waals surface area contributed by atoms with Crippen LogP contribution >= 0.6 is 11.8 Å². The summed E-state index contributed by atoms with van der Waals surface area (Å²) in [4.78, 5) is 13.8. The molecule has 10 rings (SSSR count). The van der Waals surface area contributed by atoms with E-state index in [1.807, 2.05) is 11.8 Å². The summed E-state index contributed by atoms with van der Waals surface area (Å²) in [7, 11) is 0. The Morgan fingerprint density at radius 2 is 1.17 bits per heavy atom. The van der Waals surface area contributed by atoms with Crippen LogP contribution in [0.25, 0.3) is 16.7 Å². The number of amidine groups is 1. The molecule has 2 aliphatic carbocycles. The number of hydrogen-bond donors (Lipinski definition) is 0. The second-order valence-electron chi connectivity index (χ2n) is 17.8. The van der Waals surface area contributed by atoms with E-state index in [1.165, 1.54) is 65.4 Å². The summed E-state index contributed by atoms with van der Waals surface area (Å²) >= 11 is 1.88. The van der Waals surface area contributed by atoms with Gasteiger partial charge < -0.3 is 0 Å². The summed E-state index contributed by atoms with van der Waals surface area (Å²) in [5, 5.41) is 0. The highest BCUT2D eigenvalue weighted by molar-refractivity contribution is 7.99. The molecule has 0 amide bonds. The van der Waals surface area contributed by atoms with Gasteiger partial charge in [-0.3, -0.25) is 4.99 Å². The van der Waals surface area contributed by atoms with Crippen molar-refractivity contribution in [2.45, 2.75) is 75.6 Å². The van der Waals surface area contributed by atoms with E-state index in [-0.39, 0.29) is 17.4 Å². The monoisotopic (exact) mass is 784 g/mol. The van der Waals surface area contributed by atoms with E-state index in [1.54, 1.807) is 5.57 Å². The van der Waals surface area contributed by atoms with Crippen molar-refractivity contribution in [1.29, 1.82) is 0 Å². The normalized spacial score (nSPS) is 21.3. The van der Waals surface area contributed by atoms with Crippen molar-refractivity contribution >= 4 is 28.9 Å². The summed E-state index contributed by atoms with van der Waals surface area (Å²) in [6.07, 6.45) is 6.88. The molecule has 0 N–H and O–H groups in total. The highest BCUT2D eigenvalue weighted by Crippen LogP contribution is 2.62. The Morgan fingerprint density at radius 3 is 1.83 bits per heavy atom. The Morgan fingerprint density at radius 1 is 0.576 bits per heavy atom. The van der Waals surface area contributed by atoms with Gasteiger partial charge in [0.2, 0.25) is 0 Å². The zero-order valence-corrected chi connectivity index (χ0v) is 35.9. The van der Waals surface area contributed by atoms with Crippen LogP contribution in [0.15, 0.2) is 183 Å². The quantitative estimate of drug-likeness (QED) is 0.165. The topological polar surface area (TPSA) is 24.7 Å². The minimum Gasteiger partial charge on any atom is -0.257 e. The van der Waals surface area contributed by atoms with Gasteiger partial charge in [0.15, 0.2) is 5.84 Å². The molecule has 0 bridgehead atoms. The third-order valence-corrected chi connectivity index (χ3v) is 14.8. The first-order chi connectivity index (χ1) is 28.7. The molecule has 2 heterocycles. The lowest BCUT2D eigenvalue weighted by Gasteiger charge is -2.39. The van der Waals surface area contributed by atoms with Gasteiger partial charge in [-0.25, -0.2) is 4.99 Å². The van der Waals surface area contributed by atoms with Gasteiger partial charge in [0.05, 0.1) is 17.2 Å². The molecule has 2 aliphatic heterocycles. The fourth-order valence-electron chi connectivity index (χ4n) is 10.9. The molecule has 2 nitrogen and oxygen atoms in total. The van der Waals surface area contributed by atoms with E-state index in [4.69, 9.17) is 9.98 Å². The van der Waals surface area contributed by atoms with E-state index in [0.29, 0.717) is 11.8 Å². The number of rotatable bonds is 6. The maximum Gasteiger partial charge on any atom is 0.155 e. The second-order valence-corrected chi connectivity index (χ2v) is 18.9. The van der Waals surface area contributed by atoms with Crippen molar-refractivity contribution in [2.75, 3.05) is 0 Å². The standard InChI is InChI=1S/C56H52N2S/c1-7-40-35(3)42(32-33-45(40)55(4,5)6)36-26-28-38(29-27-36)53-41(8-2)52(37-18-10-9-11-19-37)57-54(58-53)39-30-31-44-43-20-12-13-21-46(43)56(49(44)34-39)47-22-14-16-24-50(47)59-51-25-17-15-23-48(51)56/h9-35,40-41,53H,7-8H2,1-6H3. The zero-order chi connectivity index (χ0) is 40.5. The van der Waals surface area contributed by atoms with Gasteiger partial charge in [0.1, 0.15) is 0 Å². The van der Waals surface area contributed by atoms with Crippen LogP contribution in [-0.2, 0) is 5.41 Å². The van der Waals surface area contributed by atoms with Crippen LogP contribution in [-0.4, -0.2) is 11.5 Å². The van der Waals surface area contributed by atoms with Crippen LogP contribution in [0.5, 0.6) is 0 Å².